The first-order valence-corrected chi connectivity index (χ1v) is 20.6. The van der Waals surface area contributed by atoms with Crippen LogP contribution in [0.3, 0.4) is 0 Å². The molecule has 6 atom stereocenters. The van der Waals surface area contributed by atoms with Gasteiger partial charge in [0, 0.05) is 71.6 Å². The molecule has 0 bridgehead atoms. The molecular formula is C32H76O10Si2Ti. The van der Waals surface area contributed by atoms with Gasteiger partial charge in [0.1, 0.15) is 0 Å². The van der Waals surface area contributed by atoms with E-state index in [-0.39, 0.29) is 58.3 Å². The first-order valence-electron chi connectivity index (χ1n) is 17.3. The second-order valence-corrected chi connectivity index (χ2v) is 14.7. The molecule has 0 aliphatic carbocycles. The molecule has 0 aromatic heterocycles. The molecule has 0 radical (unpaired) electrons. The first kappa shape index (κ1) is 55.2. The molecule has 276 valence electrons. The van der Waals surface area contributed by atoms with Gasteiger partial charge >= 0.3 is 18.1 Å². The molecule has 0 amide bonds. The fourth-order valence-corrected chi connectivity index (χ4v) is 6.89. The van der Waals surface area contributed by atoms with Crippen molar-refractivity contribution >= 4 is 18.1 Å². The summed E-state index contributed by atoms with van der Waals surface area (Å²) in [5.74, 6) is 0. The normalized spacial score (nSPS) is 17.5. The zero-order valence-electron chi connectivity index (χ0n) is 31.7. The van der Waals surface area contributed by atoms with Gasteiger partial charge < -0.3 is 46.4 Å². The molecule has 0 fully saturated rings. The van der Waals surface area contributed by atoms with Gasteiger partial charge in [-0.05, 0) is 92.9 Å². The van der Waals surface area contributed by atoms with E-state index in [2.05, 4.69) is 13.8 Å². The molecule has 10 nitrogen and oxygen atoms in total. The van der Waals surface area contributed by atoms with Gasteiger partial charge in [-0.1, -0.05) is 68.2 Å². The Hall–Kier alpha value is 0.748. The second-order valence-electron chi connectivity index (χ2n) is 11.2. The fourth-order valence-electron chi connectivity index (χ4n) is 2.51. The number of aliphatic hydroxyl groups is 2. The van der Waals surface area contributed by atoms with Crippen LogP contribution in [0.4, 0.5) is 0 Å². The fraction of sp³-hybridized carbons (Fsp3) is 1.00. The van der Waals surface area contributed by atoms with Gasteiger partial charge in [-0.3, -0.25) is 0 Å². The van der Waals surface area contributed by atoms with E-state index < -0.39 is 18.1 Å². The van der Waals surface area contributed by atoms with Crippen molar-refractivity contribution in [3.05, 3.63) is 0 Å². The van der Waals surface area contributed by atoms with Gasteiger partial charge in [0.25, 0.3) is 0 Å². The third-order valence-electron chi connectivity index (χ3n) is 6.57. The zero-order valence-corrected chi connectivity index (χ0v) is 35.2. The van der Waals surface area contributed by atoms with Crippen LogP contribution in [-0.2, 0) is 48.3 Å². The van der Waals surface area contributed by atoms with Crippen LogP contribution in [0, 0.1) is 0 Å². The summed E-state index contributed by atoms with van der Waals surface area (Å²) in [6.07, 6.45) is 8.68. The van der Waals surface area contributed by atoms with Gasteiger partial charge in [0.2, 0.25) is 0 Å². The quantitative estimate of drug-likeness (QED) is 0.0844. The third-order valence-corrected chi connectivity index (χ3v) is 10.8. The van der Waals surface area contributed by atoms with Crippen molar-refractivity contribution in [2.75, 3.05) is 13.2 Å². The van der Waals surface area contributed by atoms with Crippen molar-refractivity contribution in [3.63, 3.8) is 0 Å². The maximum absolute atomic E-state index is 10.4. The van der Waals surface area contributed by atoms with E-state index in [0.29, 0.717) is 13.2 Å². The maximum Gasteiger partial charge on any atom is 0.677 e. The predicted octanol–water partition coefficient (Wildman–Crippen LogP) is 7.27. The Labute approximate surface area is 296 Å². The van der Waals surface area contributed by atoms with Crippen molar-refractivity contribution in [3.8, 4) is 0 Å². The summed E-state index contributed by atoms with van der Waals surface area (Å²) >= 11 is 0. The van der Waals surface area contributed by atoms with E-state index in [9.17, 15) is 9.59 Å². The van der Waals surface area contributed by atoms with E-state index in [1.54, 1.807) is 0 Å². The summed E-state index contributed by atoms with van der Waals surface area (Å²) < 4.78 is 33.5. The monoisotopic (exact) mass is 724 g/mol. The van der Waals surface area contributed by atoms with Gasteiger partial charge in [0.05, 0.1) is 0 Å². The maximum atomic E-state index is 10.4. The van der Waals surface area contributed by atoms with Gasteiger partial charge in [-0.25, -0.2) is 0 Å². The van der Waals surface area contributed by atoms with Crippen LogP contribution in [0.25, 0.3) is 0 Å². The minimum absolute atomic E-state index is 0. The number of unbranched alkanes of at least 4 members (excludes halogenated alkanes) is 2. The van der Waals surface area contributed by atoms with Crippen LogP contribution in [0.2, 0.25) is 0 Å². The minimum Gasteiger partial charge on any atom is -0.396 e. The Kier molecular flexibility index (Phi) is 44.2. The molecule has 13 heteroatoms. The van der Waals surface area contributed by atoms with Crippen molar-refractivity contribution in [2.45, 2.75) is 198 Å². The van der Waals surface area contributed by atoms with Crippen molar-refractivity contribution in [2.24, 2.45) is 0 Å². The van der Waals surface area contributed by atoms with Gasteiger partial charge in [-0.15, -0.1) is 0 Å². The molecule has 0 rings (SSSR count). The SMILES string of the molecule is CCC(C)O[Si](O)(OC(C)CC)OC(C)CC.CCC(C)O[Si](O)(OC(C)CC)OC(C)CC.CCCCO.CCCCO.[Ti]. The summed E-state index contributed by atoms with van der Waals surface area (Å²) in [6.45, 7) is 28.3. The summed E-state index contributed by atoms with van der Waals surface area (Å²) in [5.41, 5.74) is 0. The van der Waals surface area contributed by atoms with E-state index in [1.165, 1.54) is 0 Å². The van der Waals surface area contributed by atoms with Crippen LogP contribution in [0.1, 0.15) is 161 Å². The van der Waals surface area contributed by atoms with E-state index in [0.717, 1.165) is 64.2 Å². The molecule has 0 aliphatic heterocycles. The molecule has 0 aromatic carbocycles. The van der Waals surface area contributed by atoms with Gasteiger partial charge in [0.15, 0.2) is 0 Å². The average Bonchev–Trinajstić information content (AvgIpc) is 2.97. The molecule has 0 heterocycles. The zero-order chi connectivity index (χ0) is 35.2. The molecule has 45 heavy (non-hydrogen) atoms. The molecule has 0 saturated carbocycles. The van der Waals surface area contributed by atoms with Crippen molar-refractivity contribution in [1.82, 2.24) is 0 Å². The molecule has 6 unspecified atom stereocenters. The standard InChI is InChI=1S/2C12H28O4Si.2C4H10O.Ti/c2*1-7-10(4)14-17(13,15-11(5)8-2)16-12(6)9-3;2*1-2-3-4-5;/h2*10-13H,7-9H2,1-6H3;2*5H,2-4H2,1H3;. The molecule has 0 saturated heterocycles. The third kappa shape index (κ3) is 37.4. The van der Waals surface area contributed by atoms with E-state index in [1.807, 2.05) is 83.1 Å². The van der Waals surface area contributed by atoms with E-state index in [4.69, 9.17) is 36.8 Å². The molecule has 0 spiro atoms. The smallest absolute Gasteiger partial charge is 0.396 e. The van der Waals surface area contributed by atoms with Crippen molar-refractivity contribution < 1.29 is 68.1 Å². The number of rotatable bonds is 22. The van der Waals surface area contributed by atoms with E-state index >= 15 is 0 Å². The Morgan fingerprint density at radius 3 is 0.622 bits per heavy atom. The number of hydrogen-bond acceptors (Lipinski definition) is 10. The minimum atomic E-state index is -3.50. The number of aliphatic hydroxyl groups excluding tert-OH is 2. The Bertz CT molecular complexity index is 470. The average molecular weight is 725 g/mol. The first-order chi connectivity index (χ1) is 20.6. The predicted molar refractivity (Wildman–Crippen MR) is 185 cm³/mol. The molecule has 0 aromatic rings. The van der Waals surface area contributed by atoms with Crippen molar-refractivity contribution in [1.29, 1.82) is 0 Å². The van der Waals surface area contributed by atoms with Crippen LogP contribution in [0.5, 0.6) is 0 Å². The summed E-state index contributed by atoms with van der Waals surface area (Å²) in [7, 11) is -7.00. The summed E-state index contributed by atoms with van der Waals surface area (Å²) in [4.78, 5) is 20.8. The van der Waals surface area contributed by atoms with Gasteiger partial charge in [-0.2, -0.15) is 0 Å². The Balaban J connectivity index is -0.000000179. The van der Waals surface area contributed by atoms with Crippen LogP contribution >= 0.6 is 0 Å². The molecule has 4 N–H and O–H groups in total. The summed E-state index contributed by atoms with van der Waals surface area (Å²) in [6, 6.07) is 0. The van der Waals surface area contributed by atoms with Crippen LogP contribution in [0.15, 0.2) is 0 Å². The second kappa shape index (κ2) is 36.0. The van der Waals surface area contributed by atoms with Crippen LogP contribution < -0.4 is 0 Å². The number of hydrogen-bond donors (Lipinski definition) is 4. The topological polar surface area (TPSA) is 136 Å². The summed E-state index contributed by atoms with van der Waals surface area (Å²) in [5, 5.41) is 16.1. The molecule has 0 aliphatic rings. The Morgan fingerprint density at radius 1 is 0.400 bits per heavy atom. The largest absolute Gasteiger partial charge is 0.677 e. The van der Waals surface area contributed by atoms with Crippen LogP contribution in [-0.4, -0.2) is 87.7 Å². The Morgan fingerprint density at radius 2 is 0.556 bits per heavy atom. The molecular weight excluding hydrogens is 648 g/mol.